The van der Waals surface area contributed by atoms with Crippen LogP contribution in [0.15, 0.2) is 51.8 Å². The second-order valence-electron chi connectivity index (χ2n) is 4.89. The number of ether oxygens (including phenoxy) is 1. The number of carbonyl (C=O) groups excluding carboxylic acids is 1. The lowest BCUT2D eigenvalue weighted by Crippen LogP contribution is -2.27. The van der Waals surface area contributed by atoms with Crippen molar-refractivity contribution in [1.82, 2.24) is 0 Å². The number of thiocarbonyl (C=S) groups is 1. The molecule has 0 atom stereocenters. The van der Waals surface area contributed by atoms with E-state index in [9.17, 15) is 4.79 Å². The van der Waals surface area contributed by atoms with Crippen LogP contribution in [0.3, 0.4) is 0 Å². The molecule has 0 aromatic heterocycles. The Balaban J connectivity index is 1.93. The quantitative estimate of drug-likeness (QED) is 0.464. The second kappa shape index (κ2) is 7.27. The molecule has 1 amide bonds. The molecular weight excluding hydrogens is 430 g/mol. The molecule has 1 aliphatic heterocycles. The van der Waals surface area contributed by atoms with Crippen molar-refractivity contribution < 1.29 is 9.53 Å². The molecule has 7 heteroatoms. The Hall–Kier alpha value is -1.34. The standard InChI is InChI=1S/C17H11BrClNO2S2/c1-22-12-4-2-3-10(7-12)8-15-16(21)20(17(23)24-15)11-5-6-13(18)14(19)9-11/h2-9H,1H3/b15-8+. The van der Waals surface area contributed by atoms with Gasteiger partial charge in [-0.15, -0.1) is 0 Å². The summed E-state index contributed by atoms with van der Waals surface area (Å²) >= 11 is 16.1. The molecule has 0 N–H and O–H groups in total. The summed E-state index contributed by atoms with van der Waals surface area (Å²) in [6.07, 6.45) is 1.81. The molecule has 3 rings (SSSR count). The minimum absolute atomic E-state index is 0.161. The predicted molar refractivity (Wildman–Crippen MR) is 108 cm³/mol. The first kappa shape index (κ1) is 17.5. The Labute approximate surface area is 162 Å². The summed E-state index contributed by atoms with van der Waals surface area (Å²) in [4.78, 5) is 14.8. The molecule has 3 nitrogen and oxygen atoms in total. The molecule has 122 valence electrons. The maximum Gasteiger partial charge on any atom is 0.270 e. The number of halogens is 2. The predicted octanol–water partition coefficient (Wildman–Crippen LogP) is 5.52. The van der Waals surface area contributed by atoms with Crippen LogP contribution in [0.25, 0.3) is 6.08 Å². The molecule has 0 bridgehead atoms. The van der Waals surface area contributed by atoms with Gasteiger partial charge in [-0.3, -0.25) is 9.69 Å². The fourth-order valence-corrected chi connectivity index (χ4v) is 3.92. The number of nitrogens with zero attached hydrogens (tertiary/aromatic N) is 1. The van der Waals surface area contributed by atoms with E-state index in [4.69, 9.17) is 28.6 Å². The van der Waals surface area contributed by atoms with Crippen molar-refractivity contribution in [2.75, 3.05) is 12.0 Å². The number of hydrogen-bond donors (Lipinski definition) is 0. The molecule has 1 aliphatic rings. The van der Waals surface area contributed by atoms with E-state index in [2.05, 4.69) is 15.9 Å². The summed E-state index contributed by atoms with van der Waals surface area (Å²) in [6.45, 7) is 0. The number of rotatable bonds is 3. The van der Waals surface area contributed by atoms with Gasteiger partial charge in [0.25, 0.3) is 5.91 Å². The third-order valence-electron chi connectivity index (χ3n) is 3.35. The summed E-state index contributed by atoms with van der Waals surface area (Å²) < 4.78 is 6.45. The zero-order valence-corrected chi connectivity index (χ0v) is 16.4. The van der Waals surface area contributed by atoms with E-state index in [1.165, 1.54) is 16.7 Å². The summed E-state index contributed by atoms with van der Waals surface area (Å²) in [5, 5.41) is 0.526. The molecule has 0 unspecified atom stereocenters. The summed E-state index contributed by atoms with van der Waals surface area (Å²) in [7, 11) is 1.61. The van der Waals surface area contributed by atoms with Crippen molar-refractivity contribution in [2.24, 2.45) is 0 Å². The number of anilines is 1. The molecule has 1 saturated heterocycles. The van der Waals surface area contributed by atoms with Crippen LogP contribution in [0.4, 0.5) is 5.69 Å². The minimum Gasteiger partial charge on any atom is -0.497 e. The Bertz CT molecular complexity index is 869. The summed E-state index contributed by atoms with van der Waals surface area (Å²) in [5.74, 6) is 0.574. The van der Waals surface area contributed by atoms with Crippen molar-refractivity contribution in [1.29, 1.82) is 0 Å². The van der Waals surface area contributed by atoms with E-state index in [0.717, 1.165) is 15.8 Å². The molecular formula is C17H11BrClNO2S2. The van der Waals surface area contributed by atoms with Crippen LogP contribution in [-0.4, -0.2) is 17.3 Å². The highest BCUT2D eigenvalue weighted by molar-refractivity contribution is 9.10. The van der Waals surface area contributed by atoms with E-state index in [1.54, 1.807) is 25.3 Å². The molecule has 2 aromatic rings. The monoisotopic (exact) mass is 439 g/mol. The van der Waals surface area contributed by atoms with E-state index in [1.807, 2.05) is 30.3 Å². The van der Waals surface area contributed by atoms with Gasteiger partial charge in [-0.1, -0.05) is 47.7 Å². The number of methoxy groups -OCH3 is 1. The normalized spacial score (nSPS) is 16.1. The lowest BCUT2D eigenvalue weighted by Gasteiger charge is -2.15. The van der Waals surface area contributed by atoms with Crippen LogP contribution < -0.4 is 9.64 Å². The molecule has 2 aromatic carbocycles. The van der Waals surface area contributed by atoms with Crippen molar-refractivity contribution in [3.05, 3.63) is 62.4 Å². The van der Waals surface area contributed by atoms with Gasteiger partial charge < -0.3 is 4.74 Å². The molecule has 24 heavy (non-hydrogen) atoms. The number of amides is 1. The van der Waals surface area contributed by atoms with Crippen molar-refractivity contribution in [3.8, 4) is 5.75 Å². The fourth-order valence-electron chi connectivity index (χ4n) is 2.20. The zero-order valence-electron chi connectivity index (χ0n) is 12.5. The Kier molecular flexibility index (Phi) is 5.30. The van der Waals surface area contributed by atoms with Gasteiger partial charge in [0.1, 0.15) is 5.75 Å². The lowest BCUT2D eigenvalue weighted by atomic mass is 10.2. The van der Waals surface area contributed by atoms with Crippen molar-refractivity contribution in [2.45, 2.75) is 0 Å². The summed E-state index contributed by atoms with van der Waals surface area (Å²) in [5.41, 5.74) is 1.53. The van der Waals surface area contributed by atoms with Crippen LogP contribution in [0.2, 0.25) is 5.02 Å². The van der Waals surface area contributed by atoms with E-state index in [0.29, 0.717) is 19.9 Å². The van der Waals surface area contributed by atoms with Crippen LogP contribution in [0, 0.1) is 0 Å². The highest BCUT2D eigenvalue weighted by Crippen LogP contribution is 2.38. The lowest BCUT2D eigenvalue weighted by molar-refractivity contribution is -0.113. The van der Waals surface area contributed by atoms with Crippen LogP contribution >= 0.6 is 51.5 Å². The first-order valence-electron chi connectivity index (χ1n) is 6.86. The number of carbonyl (C=O) groups is 1. The smallest absolute Gasteiger partial charge is 0.270 e. The van der Waals surface area contributed by atoms with Crippen LogP contribution in [0.1, 0.15) is 5.56 Å². The Morgan fingerprint density at radius 2 is 2.08 bits per heavy atom. The first-order chi connectivity index (χ1) is 11.5. The van der Waals surface area contributed by atoms with Crippen molar-refractivity contribution >= 4 is 73.5 Å². The topological polar surface area (TPSA) is 29.5 Å². The maximum absolute atomic E-state index is 12.7. The minimum atomic E-state index is -0.161. The largest absolute Gasteiger partial charge is 0.497 e. The SMILES string of the molecule is COc1cccc(/C=C2/SC(=S)N(c3ccc(Br)c(Cl)c3)C2=O)c1. The zero-order chi connectivity index (χ0) is 17.3. The first-order valence-corrected chi connectivity index (χ1v) is 9.26. The third kappa shape index (κ3) is 3.52. The van der Waals surface area contributed by atoms with Gasteiger partial charge in [0, 0.05) is 4.47 Å². The third-order valence-corrected chi connectivity index (χ3v) is 5.88. The number of benzene rings is 2. The number of thioether (sulfide) groups is 1. The highest BCUT2D eigenvalue weighted by Gasteiger charge is 2.33. The van der Waals surface area contributed by atoms with Gasteiger partial charge in [0.05, 0.1) is 22.7 Å². The average Bonchev–Trinajstić information content (AvgIpc) is 2.84. The number of hydrogen-bond acceptors (Lipinski definition) is 4. The van der Waals surface area contributed by atoms with Crippen LogP contribution in [-0.2, 0) is 4.79 Å². The van der Waals surface area contributed by atoms with Gasteiger partial charge in [0.15, 0.2) is 4.32 Å². The van der Waals surface area contributed by atoms with Gasteiger partial charge in [-0.2, -0.15) is 0 Å². The van der Waals surface area contributed by atoms with Crippen molar-refractivity contribution in [3.63, 3.8) is 0 Å². The van der Waals surface area contributed by atoms with Gasteiger partial charge in [-0.25, -0.2) is 0 Å². The highest BCUT2D eigenvalue weighted by atomic mass is 79.9. The molecule has 0 saturated carbocycles. The second-order valence-corrected chi connectivity index (χ2v) is 7.83. The van der Waals surface area contributed by atoms with Gasteiger partial charge in [0.2, 0.25) is 0 Å². The van der Waals surface area contributed by atoms with E-state index in [-0.39, 0.29) is 5.91 Å². The van der Waals surface area contributed by atoms with Gasteiger partial charge >= 0.3 is 0 Å². The van der Waals surface area contributed by atoms with E-state index >= 15 is 0 Å². The molecule has 0 aliphatic carbocycles. The van der Waals surface area contributed by atoms with Crippen LogP contribution in [0.5, 0.6) is 5.75 Å². The molecule has 0 radical (unpaired) electrons. The maximum atomic E-state index is 12.7. The fraction of sp³-hybridized carbons (Fsp3) is 0.0588. The van der Waals surface area contributed by atoms with Gasteiger partial charge in [-0.05, 0) is 57.9 Å². The molecule has 1 heterocycles. The molecule has 0 spiro atoms. The van der Waals surface area contributed by atoms with E-state index < -0.39 is 0 Å². The molecule has 1 fully saturated rings. The Morgan fingerprint density at radius 1 is 1.29 bits per heavy atom. The Morgan fingerprint density at radius 3 is 2.79 bits per heavy atom. The summed E-state index contributed by atoms with van der Waals surface area (Å²) in [6, 6.07) is 12.8. The average molecular weight is 441 g/mol.